The Bertz CT molecular complexity index is 1060. The maximum absolute atomic E-state index is 13.8. The highest BCUT2D eigenvalue weighted by Crippen LogP contribution is 2.46. The summed E-state index contributed by atoms with van der Waals surface area (Å²) in [5.41, 5.74) is -0.0206. The lowest BCUT2D eigenvalue weighted by molar-refractivity contribution is -0.197. The summed E-state index contributed by atoms with van der Waals surface area (Å²) in [5.74, 6) is -5.46. The first kappa shape index (κ1) is 22.7. The maximum Gasteiger partial charge on any atom is 0.194 e. The molecule has 6 heteroatoms. The first-order chi connectivity index (χ1) is 15.1. The Kier molecular flexibility index (Phi) is 5.78. The van der Waals surface area contributed by atoms with Crippen molar-refractivity contribution in [1.29, 1.82) is 0 Å². The minimum atomic E-state index is -1.51. The molecule has 1 aliphatic carbocycles. The minimum absolute atomic E-state index is 0.191. The number of halogens is 3. The zero-order chi connectivity index (χ0) is 23.3. The summed E-state index contributed by atoms with van der Waals surface area (Å²) in [5, 5.41) is 0. The standard InChI is InChI=1S/C26H27F3O3/c1-4-15-12-16(17-13-19(27)22(29)20(28)14-17)8-9-18(15)21-23(30)25(2,3)32-26(24(21)31)10-6-5-7-11-26/h8-9,12-14,21H,4-7,10-11H2,1-3H3. The van der Waals surface area contributed by atoms with Crippen molar-refractivity contribution in [3.8, 4) is 11.1 Å². The summed E-state index contributed by atoms with van der Waals surface area (Å²) in [4.78, 5) is 27.0. The van der Waals surface area contributed by atoms with Gasteiger partial charge in [-0.2, -0.15) is 0 Å². The highest BCUT2D eigenvalue weighted by molar-refractivity contribution is 6.15. The summed E-state index contributed by atoms with van der Waals surface area (Å²) in [6.45, 7) is 5.33. The third-order valence-electron chi connectivity index (χ3n) is 6.83. The van der Waals surface area contributed by atoms with Gasteiger partial charge in [0.2, 0.25) is 0 Å². The lowest BCUT2D eigenvalue weighted by Gasteiger charge is -2.48. The van der Waals surface area contributed by atoms with Crippen LogP contribution in [0.4, 0.5) is 13.2 Å². The van der Waals surface area contributed by atoms with Gasteiger partial charge in [0.1, 0.15) is 17.1 Å². The monoisotopic (exact) mass is 444 g/mol. The molecule has 1 heterocycles. The Morgan fingerprint density at radius 3 is 2.12 bits per heavy atom. The van der Waals surface area contributed by atoms with Crippen molar-refractivity contribution in [3.05, 3.63) is 58.9 Å². The molecule has 1 aliphatic heterocycles. The van der Waals surface area contributed by atoms with Crippen LogP contribution in [0.1, 0.15) is 69.9 Å². The van der Waals surface area contributed by atoms with Gasteiger partial charge in [0.25, 0.3) is 0 Å². The number of hydrogen-bond donors (Lipinski definition) is 0. The highest BCUT2D eigenvalue weighted by atomic mass is 19.2. The van der Waals surface area contributed by atoms with E-state index in [0.29, 0.717) is 30.4 Å². The molecule has 1 saturated heterocycles. The van der Waals surface area contributed by atoms with Crippen LogP contribution in [-0.2, 0) is 20.7 Å². The van der Waals surface area contributed by atoms with Gasteiger partial charge in [0, 0.05) is 0 Å². The molecule has 0 aromatic heterocycles. The Morgan fingerprint density at radius 2 is 1.53 bits per heavy atom. The first-order valence-corrected chi connectivity index (χ1v) is 11.2. The third kappa shape index (κ3) is 3.68. The van der Waals surface area contributed by atoms with Crippen LogP contribution in [0.2, 0.25) is 0 Å². The molecule has 0 amide bonds. The summed E-state index contributed by atoms with van der Waals surface area (Å²) >= 11 is 0. The van der Waals surface area contributed by atoms with Crippen molar-refractivity contribution in [2.75, 3.05) is 0 Å². The Hall–Kier alpha value is -2.47. The van der Waals surface area contributed by atoms with E-state index in [9.17, 15) is 22.8 Å². The largest absolute Gasteiger partial charge is 0.353 e. The zero-order valence-corrected chi connectivity index (χ0v) is 18.6. The smallest absolute Gasteiger partial charge is 0.194 e. The van der Waals surface area contributed by atoms with E-state index in [1.54, 1.807) is 32.0 Å². The number of ether oxygens (including phenoxy) is 1. The van der Waals surface area contributed by atoms with Crippen molar-refractivity contribution in [2.45, 2.75) is 76.4 Å². The second-order valence-corrected chi connectivity index (χ2v) is 9.35. The molecule has 0 radical (unpaired) electrons. The van der Waals surface area contributed by atoms with Crippen LogP contribution >= 0.6 is 0 Å². The molecule has 1 saturated carbocycles. The van der Waals surface area contributed by atoms with Crippen LogP contribution in [0.25, 0.3) is 11.1 Å². The fourth-order valence-electron chi connectivity index (χ4n) is 5.17. The molecule has 3 nitrogen and oxygen atoms in total. The van der Waals surface area contributed by atoms with Gasteiger partial charge in [-0.25, -0.2) is 13.2 Å². The predicted molar refractivity (Wildman–Crippen MR) is 115 cm³/mol. The van der Waals surface area contributed by atoms with Crippen LogP contribution in [0.5, 0.6) is 0 Å². The van der Waals surface area contributed by atoms with Crippen molar-refractivity contribution < 1.29 is 27.5 Å². The van der Waals surface area contributed by atoms with Gasteiger partial charge in [0.05, 0.1) is 0 Å². The van der Waals surface area contributed by atoms with Crippen LogP contribution in [0.15, 0.2) is 30.3 Å². The van der Waals surface area contributed by atoms with Gasteiger partial charge in [-0.15, -0.1) is 0 Å². The number of hydrogen-bond acceptors (Lipinski definition) is 3. The molecule has 0 bridgehead atoms. The van der Waals surface area contributed by atoms with Crippen LogP contribution in [-0.4, -0.2) is 22.8 Å². The van der Waals surface area contributed by atoms with E-state index in [1.165, 1.54) is 0 Å². The second kappa shape index (κ2) is 8.14. The molecule has 1 unspecified atom stereocenters. The van der Waals surface area contributed by atoms with Crippen LogP contribution < -0.4 is 0 Å². The van der Waals surface area contributed by atoms with Gasteiger partial charge in [-0.05, 0) is 67.5 Å². The minimum Gasteiger partial charge on any atom is -0.353 e. The fraction of sp³-hybridized carbons (Fsp3) is 0.462. The van der Waals surface area contributed by atoms with Crippen LogP contribution in [0, 0.1) is 17.5 Å². The molecule has 0 N–H and O–H groups in total. The number of rotatable bonds is 3. The molecule has 4 rings (SSSR count). The molecule has 2 aromatic rings. The van der Waals surface area contributed by atoms with Gasteiger partial charge < -0.3 is 4.74 Å². The molecule has 2 aliphatic rings. The van der Waals surface area contributed by atoms with E-state index in [0.717, 1.165) is 37.0 Å². The van der Waals surface area contributed by atoms with E-state index in [-0.39, 0.29) is 17.1 Å². The molecule has 32 heavy (non-hydrogen) atoms. The SMILES string of the molecule is CCc1cc(-c2cc(F)c(F)c(F)c2)ccc1C1C(=O)C(C)(C)OC2(CCCCC2)C1=O. The van der Waals surface area contributed by atoms with Crippen molar-refractivity contribution in [3.63, 3.8) is 0 Å². The van der Waals surface area contributed by atoms with Crippen LogP contribution in [0.3, 0.4) is 0 Å². The predicted octanol–water partition coefficient (Wildman–Crippen LogP) is 6.07. The normalized spacial score (nSPS) is 22.4. The molecule has 1 atom stereocenters. The Labute approximate surface area is 186 Å². The molecular formula is C26H27F3O3. The average Bonchev–Trinajstić information content (AvgIpc) is 2.76. The number of benzene rings is 2. The van der Waals surface area contributed by atoms with E-state index < -0.39 is 34.6 Å². The second-order valence-electron chi connectivity index (χ2n) is 9.35. The molecule has 1 spiro atoms. The number of Topliss-reactive ketones (excluding diaryl/α,β-unsaturated/α-hetero) is 2. The van der Waals surface area contributed by atoms with Crippen molar-refractivity contribution >= 4 is 11.6 Å². The zero-order valence-electron chi connectivity index (χ0n) is 18.6. The van der Waals surface area contributed by atoms with Crippen molar-refractivity contribution in [1.82, 2.24) is 0 Å². The molecule has 170 valence electrons. The number of carbonyl (C=O) groups excluding carboxylic acids is 2. The third-order valence-corrected chi connectivity index (χ3v) is 6.83. The van der Waals surface area contributed by atoms with Gasteiger partial charge in [-0.1, -0.05) is 44.4 Å². The molecular weight excluding hydrogens is 417 g/mol. The maximum atomic E-state index is 13.8. The highest BCUT2D eigenvalue weighted by Gasteiger charge is 2.57. The lowest BCUT2D eigenvalue weighted by atomic mass is 9.68. The Morgan fingerprint density at radius 1 is 0.906 bits per heavy atom. The summed E-state index contributed by atoms with van der Waals surface area (Å²) in [7, 11) is 0. The fourth-order valence-corrected chi connectivity index (χ4v) is 5.17. The Balaban J connectivity index is 1.80. The molecule has 2 aromatic carbocycles. The summed E-state index contributed by atoms with van der Waals surface area (Å²) in [6.07, 6.45) is 4.52. The van der Waals surface area contributed by atoms with E-state index in [1.807, 2.05) is 6.92 Å². The quantitative estimate of drug-likeness (QED) is 0.427. The average molecular weight is 444 g/mol. The summed E-state index contributed by atoms with van der Waals surface area (Å²) < 4.78 is 47.0. The van der Waals surface area contributed by atoms with Gasteiger partial charge >= 0.3 is 0 Å². The van der Waals surface area contributed by atoms with E-state index >= 15 is 0 Å². The van der Waals surface area contributed by atoms with Gasteiger partial charge in [-0.3, -0.25) is 9.59 Å². The number of ketones is 2. The lowest BCUT2D eigenvalue weighted by Crippen LogP contribution is -2.61. The number of carbonyl (C=O) groups is 2. The topological polar surface area (TPSA) is 43.4 Å². The first-order valence-electron chi connectivity index (χ1n) is 11.2. The van der Waals surface area contributed by atoms with E-state index in [4.69, 9.17) is 4.74 Å². The van der Waals surface area contributed by atoms with Gasteiger partial charge in [0.15, 0.2) is 29.0 Å². The van der Waals surface area contributed by atoms with E-state index in [2.05, 4.69) is 0 Å². The number of aryl methyl sites for hydroxylation is 1. The van der Waals surface area contributed by atoms with Crippen molar-refractivity contribution in [2.24, 2.45) is 0 Å². The summed E-state index contributed by atoms with van der Waals surface area (Å²) in [6, 6.07) is 6.91. The molecule has 2 fully saturated rings.